The number of hydrogen-bond acceptors (Lipinski definition) is 3. The Morgan fingerprint density at radius 3 is 2.75 bits per heavy atom. The van der Waals surface area contributed by atoms with Crippen molar-refractivity contribution in [3.05, 3.63) is 28.2 Å². The molecule has 1 fully saturated rings. The second-order valence-corrected chi connectivity index (χ2v) is 5.42. The molecule has 1 aromatic carbocycles. The molecule has 4 heteroatoms. The van der Waals surface area contributed by atoms with Crippen LogP contribution in [0.5, 0.6) is 5.75 Å². The van der Waals surface area contributed by atoms with Crippen LogP contribution in [0.25, 0.3) is 0 Å². The van der Waals surface area contributed by atoms with Gasteiger partial charge in [-0.1, -0.05) is 13.0 Å². The van der Waals surface area contributed by atoms with Gasteiger partial charge < -0.3 is 15.2 Å². The van der Waals surface area contributed by atoms with Gasteiger partial charge in [0.1, 0.15) is 5.75 Å². The second kappa shape index (κ2) is 4.73. The monoisotopic (exact) mass is 285 g/mol. The molecule has 16 heavy (non-hydrogen) atoms. The Labute approximate surface area is 104 Å². The predicted molar refractivity (Wildman–Crippen MR) is 66.5 cm³/mol. The van der Waals surface area contributed by atoms with Gasteiger partial charge >= 0.3 is 0 Å². The van der Waals surface area contributed by atoms with Crippen molar-refractivity contribution in [2.24, 2.45) is 11.1 Å². The fourth-order valence-electron chi connectivity index (χ4n) is 1.57. The highest BCUT2D eigenvalue weighted by molar-refractivity contribution is 9.10. The second-order valence-electron chi connectivity index (χ2n) is 4.56. The van der Waals surface area contributed by atoms with Crippen molar-refractivity contribution in [1.29, 1.82) is 0 Å². The van der Waals surface area contributed by atoms with E-state index >= 15 is 0 Å². The normalized spacial score (nSPS) is 17.9. The van der Waals surface area contributed by atoms with E-state index in [9.17, 15) is 0 Å². The molecule has 0 saturated carbocycles. The lowest BCUT2D eigenvalue weighted by Crippen LogP contribution is -2.44. The van der Waals surface area contributed by atoms with E-state index in [-0.39, 0.29) is 5.41 Å². The van der Waals surface area contributed by atoms with E-state index in [0.29, 0.717) is 13.2 Å². The van der Waals surface area contributed by atoms with Gasteiger partial charge in [0.25, 0.3) is 0 Å². The molecule has 1 saturated heterocycles. The molecule has 2 rings (SSSR count). The lowest BCUT2D eigenvalue weighted by Gasteiger charge is -2.37. The molecule has 0 aromatic heterocycles. The van der Waals surface area contributed by atoms with Gasteiger partial charge in [-0.2, -0.15) is 0 Å². The van der Waals surface area contributed by atoms with Gasteiger partial charge in [-0.05, 0) is 33.6 Å². The lowest BCUT2D eigenvalue weighted by molar-refractivity contribution is -0.120. The molecule has 0 radical (unpaired) electrons. The first-order valence-electron chi connectivity index (χ1n) is 5.32. The van der Waals surface area contributed by atoms with Gasteiger partial charge in [-0.3, -0.25) is 0 Å². The topological polar surface area (TPSA) is 44.5 Å². The van der Waals surface area contributed by atoms with E-state index in [1.807, 2.05) is 18.2 Å². The molecule has 0 bridgehead atoms. The molecular formula is C12H16BrNO2. The highest BCUT2D eigenvalue weighted by Gasteiger charge is 2.34. The van der Waals surface area contributed by atoms with Crippen LogP contribution in [0, 0.1) is 5.41 Å². The summed E-state index contributed by atoms with van der Waals surface area (Å²) in [5, 5.41) is 0. The summed E-state index contributed by atoms with van der Waals surface area (Å²) >= 11 is 3.48. The van der Waals surface area contributed by atoms with Crippen molar-refractivity contribution >= 4 is 15.9 Å². The number of benzene rings is 1. The van der Waals surface area contributed by atoms with Crippen molar-refractivity contribution in [2.75, 3.05) is 19.8 Å². The minimum Gasteiger partial charge on any atom is -0.492 e. The van der Waals surface area contributed by atoms with Crippen LogP contribution < -0.4 is 10.5 Å². The molecule has 0 atom stereocenters. The van der Waals surface area contributed by atoms with Crippen LogP contribution >= 0.6 is 15.9 Å². The summed E-state index contributed by atoms with van der Waals surface area (Å²) in [4.78, 5) is 0. The van der Waals surface area contributed by atoms with E-state index in [2.05, 4.69) is 22.9 Å². The number of nitrogens with two attached hydrogens (primary N) is 1. The number of rotatable bonds is 4. The average Bonchev–Trinajstić information content (AvgIpc) is 2.25. The van der Waals surface area contributed by atoms with Gasteiger partial charge in [0.2, 0.25) is 0 Å². The van der Waals surface area contributed by atoms with Crippen LogP contribution in [0.15, 0.2) is 22.7 Å². The first-order valence-corrected chi connectivity index (χ1v) is 6.11. The smallest absolute Gasteiger partial charge is 0.133 e. The zero-order valence-corrected chi connectivity index (χ0v) is 10.9. The summed E-state index contributed by atoms with van der Waals surface area (Å²) in [6.07, 6.45) is 0. The highest BCUT2D eigenvalue weighted by atomic mass is 79.9. The summed E-state index contributed by atoms with van der Waals surface area (Å²) in [6.45, 7) is 4.97. The van der Waals surface area contributed by atoms with Crippen LogP contribution in [0.3, 0.4) is 0 Å². The van der Waals surface area contributed by atoms with Crippen LogP contribution in [-0.2, 0) is 11.3 Å². The SMILES string of the molecule is CC1(COc2ccc(CN)cc2Br)COC1. The molecule has 0 amide bonds. The Kier molecular flexibility index (Phi) is 3.52. The van der Waals surface area contributed by atoms with Gasteiger partial charge in [0.05, 0.1) is 24.3 Å². The van der Waals surface area contributed by atoms with Crippen molar-refractivity contribution in [3.8, 4) is 5.75 Å². The zero-order valence-electron chi connectivity index (χ0n) is 9.33. The molecule has 0 unspecified atom stereocenters. The van der Waals surface area contributed by atoms with Crippen molar-refractivity contribution < 1.29 is 9.47 Å². The summed E-state index contributed by atoms with van der Waals surface area (Å²) < 4.78 is 11.9. The fourth-order valence-corrected chi connectivity index (χ4v) is 2.11. The van der Waals surface area contributed by atoms with E-state index in [1.54, 1.807) is 0 Å². The zero-order chi connectivity index (χ0) is 11.6. The van der Waals surface area contributed by atoms with E-state index in [1.165, 1.54) is 0 Å². The summed E-state index contributed by atoms with van der Waals surface area (Å²) in [7, 11) is 0. The molecule has 1 aromatic rings. The first kappa shape index (κ1) is 11.9. The summed E-state index contributed by atoms with van der Waals surface area (Å²) in [5.74, 6) is 0.866. The van der Waals surface area contributed by atoms with Crippen molar-refractivity contribution in [3.63, 3.8) is 0 Å². The van der Waals surface area contributed by atoms with Crippen LogP contribution in [-0.4, -0.2) is 19.8 Å². The molecule has 2 N–H and O–H groups in total. The molecule has 0 aliphatic carbocycles. The third kappa shape index (κ3) is 2.56. The van der Waals surface area contributed by atoms with Gasteiger partial charge in [-0.25, -0.2) is 0 Å². The summed E-state index contributed by atoms with van der Waals surface area (Å²) in [6, 6.07) is 5.93. The largest absolute Gasteiger partial charge is 0.492 e. The quantitative estimate of drug-likeness (QED) is 0.924. The Bertz CT molecular complexity index is 377. The Balaban J connectivity index is 1.98. The van der Waals surface area contributed by atoms with E-state index < -0.39 is 0 Å². The van der Waals surface area contributed by atoms with Gasteiger partial charge in [-0.15, -0.1) is 0 Å². The molecular weight excluding hydrogens is 270 g/mol. The minimum absolute atomic E-state index is 0.173. The number of hydrogen-bond donors (Lipinski definition) is 1. The van der Waals surface area contributed by atoms with Crippen LogP contribution in [0.1, 0.15) is 12.5 Å². The number of ether oxygens (including phenoxy) is 2. The van der Waals surface area contributed by atoms with E-state index in [4.69, 9.17) is 15.2 Å². The molecule has 1 aliphatic heterocycles. The molecule has 88 valence electrons. The Morgan fingerprint density at radius 1 is 1.50 bits per heavy atom. The number of halogens is 1. The van der Waals surface area contributed by atoms with Gasteiger partial charge in [0, 0.05) is 12.0 Å². The standard InChI is InChI=1S/C12H16BrNO2/c1-12(6-15-7-12)8-16-11-3-2-9(5-14)4-10(11)13/h2-4H,5-8,14H2,1H3. The lowest BCUT2D eigenvalue weighted by atomic mass is 9.90. The minimum atomic E-state index is 0.173. The maximum Gasteiger partial charge on any atom is 0.133 e. The fraction of sp³-hybridized carbons (Fsp3) is 0.500. The summed E-state index contributed by atoms with van der Waals surface area (Å²) in [5.41, 5.74) is 6.83. The van der Waals surface area contributed by atoms with Crippen molar-refractivity contribution in [2.45, 2.75) is 13.5 Å². The van der Waals surface area contributed by atoms with Gasteiger partial charge in [0.15, 0.2) is 0 Å². The predicted octanol–water partition coefficient (Wildman–Crippen LogP) is 2.32. The first-order chi connectivity index (χ1) is 7.63. The third-order valence-corrected chi connectivity index (χ3v) is 3.33. The third-order valence-electron chi connectivity index (χ3n) is 2.71. The van der Waals surface area contributed by atoms with Crippen molar-refractivity contribution in [1.82, 2.24) is 0 Å². The van der Waals surface area contributed by atoms with Crippen LogP contribution in [0.2, 0.25) is 0 Å². The molecule has 1 aliphatic rings. The highest BCUT2D eigenvalue weighted by Crippen LogP contribution is 2.31. The molecule has 3 nitrogen and oxygen atoms in total. The maximum absolute atomic E-state index is 5.78. The average molecular weight is 286 g/mol. The van der Waals surface area contributed by atoms with E-state index in [0.717, 1.165) is 29.0 Å². The Morgan fingerprint density at radius 2 is 2.25 bits per heavy atom. The Hall–Kier alpha value is -0.580. The molecule has 0 spiro atoms. The molecule has 1 heterocycles. The van der Waals surface area contributed by atoms with Crippen LogP contribution in [0.4, 0.5) is 0 Å². The maximum atomic E-state index is 5.78.